The van der Waals surface area contributed by atoms with Gasteiger partial charge in [-0.15, -0.1) is 0 Å². The zero-order valence-electron chi connectivity index (χ0n) is 12.7. The maximum atomic E-state index is 11.9. The Balaban J connectivity index is 1.74. The van der Waals surface area contributed by atoms with E-state index in [9.17, 15) is 4.79 Å². The molecule has 1 aliphatic heterocycles. The number of carbonyl (C=O) groups excluding carboxylic acids is 1. The lowest BCUT2D eigenvalue weighted by Crippen LogP contribution is -2.45. The van der Waals surface area contributed by atoms with Crippen molar-refractivity contribution >= 4 is 5.91 Å². The van der Waals surface area contributed by atoms with Gasteiger partial charge in [-0.1, -0.05) is 19.9 Å². The highest BCUT2D eigenvalue weighted by Gasteiger charge is 2.23. The van der Waals surface area contributed by atoms with E-state index in [0.29, 0.717) is 6.04 Å². The van der Waals surface area contributed by atoms with Gasteiger partial charge in [0, 0.05) is 43.5 Å². The summed E-state index contributed by atoms with van der Waals surface area (Å²) in [6.07, 6.45) is 4.01. The van der Waals surface area contributed by atoms with Crippen molar-refractivity contribution in [3.05, 3.63) is 29.6 Å². The molecule has 1 aromatic rings. The molecule has 1 amide bonds. The number of hydrogen-bond donors (Lipinski definition) is 1. The molecule has 110 valence electrons. The molecule has 0 aliphatic carbocycles. The van der Waals surface area contributed by atoms with Crippen LogP contribution in [0.2, 0.25) is 0 Å². The lowest BCUT2D eigenvalue weighted by molar-refractivity contribution is -0.135. The predicted octanol–water partition coefficient (Wildman–Crippen LogP) is 2.13. The standard InChI is InChI=1S/C16H25N3O/c1-12(2)16(20)19-8-6-15(7-9-19)18-11-14-5-4-13(3)17-10-14/h4-5,10,12,15,18H,6-9,11H2,1-3H3. The third-order valence-corrected chi connectivity index (χ3v) is 3.87. The van der Waals surface area contributed by atoms with Gasteiger partial charge in [0.2, 0.25) is 5.91 Å². The third kappa shape index (κ3) is 4.04. The maximum Gasteiger partial charge on any atom is 0.225 e. The van der Waals surface area contributed by atoms with E-state index in [1.54, 1.807) is 0 Å². The molecule has 2 heterocycles. The van der Waals surface area contributed by atoms with Gasteiger partial charge in [-0.05, 0) is 31.4 Å². The van der Waals surface area contributed by atoms with E-state index in [2.05, 4.69) is 16.4 Å². The summed E-state index contributed by atoms with van der Waals surface area (Å²) in [4.78, 5) is 18.2. The molecule has 20 heavy (non-hydrogen) atoms. The highest BCUT2D eigenvalue weighted by Crippen LogP contribution is 2.13. The number of aromatic nitrogens is 1. The molecule has 1 N–H and O–H groups in total. The van der Waals surface area contributed by atoms with Crippen molar-refractivity contribution in [2.45, 2.75) is 46.2 Å². The summed E-state index contributed by atoms with van der Waals surface area (Å²) >= 11 is 0. The van der Waals surface area contributed by atoms with Crippen LogP contribution < -0.4 is 5.32 Å². The van der Waals surface area contributed by atoms with Crippen LogP contribution in [0, 0.1) is 12.8 Å². The molecule has 2 rings (SSSR count). The van der Waals surface area contributed by atoms with Gasteiger partial charge in [-0.25, -0.2) is 0 Å². The number of rotatable bonds is 4. The van der Waals surface area contributed by atoms with Crippen molar-refractivity contribution in [3.63, 3.8) is 0 Å². The second-order valence-electron chi connectivity index (χ2n) is 5.94. The molecule has 0 aromatic carbocycles. The number of nitrogens with one attached hydrogen (secondary N) is 1. The first kappa shape index (κ1) is 15.0. The van der Waals surface area contributed by atoms with Gasteiger partial charge in [0.15, 0.2) is 0 Å². The van der Waals surface area contributed by atoms with Crippen molar-refractivity contribution in [2.24, 2.45) is 5.92 Å². The monoisotopic (exact) mass is 275 g/mol. The van der Waals surface area contributed by atoms with Crippen molar-refractivity contribution in [2.75, 3.05) is 13.1 Å². The lowest BCUT2D eigenvalue weighted by atomic mass is 10.0. The predicted molar refractivity (Wildman–Crippen MR) is 80.3 cm³/mol. The largest absolute Gasteiger partial charge is 0.342 e. The number of likely N-dealkylation sites (tertiary alicyclic amines) is 1. The fourth-order valence-electron chi connectivity index (χ4n) is 2.53. The van der Waals surface area contributed by atoms with Crippen molar-refractivity contribution < 1.29 is 4.79 Å². The van der Waals surface area contributed by atoms with Crippen molar-refractivity contribution in [1.29, 1.82) is 0 Å². The van der Waals surface area contributed by atoms with Crippen LogP contribution in [0.15, 0.2) is 18.3 Å². The van der Waals surface area contributed by atoms with Gasteiger partial charge in [-0.3, -0.25) is 9.78 Å². The third-order valence-electron chi connectivity index (χ3n) is 3.87. The summed E-state index contributed by atoms with van der Waals surface area (Å²) in [5, 5.41) is 3.57. The number of pyridine rings is 1. The first-order valence-electron chi connectivity index (χ1n) is 7.50. The number of amides is 1. The Hall–Kier alpha value is -1.42. The molecule has 0 bridgehead atoms. The minimum Gasteiger partial charge on any atom is -0.342 e. The average Bonchev–Trinajstić information content (AvgIpc) is 2.46. The normalized spacial score (nSPS) is 16.7. The van der Waals surface area contributed by atoms with Crippen LogP contribution in [0.5, 0.6) is 0 Å². The summed E-state index contributed by atoms with van der Waals surface area (Å²) < 4.78 is 0. The number of carbonyl (C=O) groups is 1. The minimum absolute atomic E-state index is 0.109. The van der Waals surface area contributed by atoms with Gasteiger partial charge in [0.25, 0.3) is 0 Å². The first-order valence-corrected chi connectivity index (χ1v) is 7.50. The van der Waals surface area contributed by atoms with E-state index in [4.69, 9.17) is 0 Å². The Morgan fingerprint density at radius 3 is 2.65 bits per heavy atom. The van der Waals surface area contributed by atoms with Crippen molar-refractivity contribution in [3.8, 4) is 0 Å². The Kier molecular flexibility index (Phi) is 5.12. The van der Waals surface area contributed by atoms with E-state index in [1.807, 2.05) is 37.9 Å². The molecule has 0 spiro atoms. The van der Waals surface area contributed by atoms with E-state index >= 15 is 0 Å². The van der Waals surface area contributed by atoms with Crippen LogP contribution in [-0.4, -0.2) is 34.9 Å². The van der Waals surface area contributed by atoms with E-state index < -0.39 is 0 Å². The zero-order chi connectivity index (χ0) is 14.5. The maximum absolute atomic E-state index is 11.9. The Bertz CT molecular complexity index is 434. The lowest BCUT2D eigenvalue weighted by Gasteiger charge is -2.33. The smallest absolute Gasteiger partial charge is 0.225 e. The Morgan fingerprint density at radius 2 is 2.10 bits per heavy atom. The fourth-order valence-corrected chi connectivity index (χ4v) is 2.53. The average molecular weight is 275 g/mol. The Morgan fingerprint density at radius 1 is 1.40 bits per heavy atom. The highest BCUT2D eigenvalue weighted by molar-refractivity contribution is 5.78. The molecule has 4 nitrogen and oxygen atoms in total. The second-order valence-corrected chi connectivity index (χ2v) is 5.94. The van der Waals surface area contributed by atoms with Gasteiger partial charge >= 0.3 is 0 Å². The summed E-state index contributed by atoms with van der Waals surface area (Å²) in [6.45, 7) is 8.55. The molecule has 0 atom stereocenters. The second kappa shape index (κ2) is 6.84. The number of hydrogen-bond acceptors (Lipinski definition) is 3. The number of nitrogens with zero attached hydrogens (tertiary/aromatic N) is 2. The van der Waals surface area contributed by atoms with E-state index in [-0.39, 0.29) is 11.8 Å². The molecule has 0 radical (unpaired) electrons. The fraction of sp³-hybridized carbons (Fsp3) is 0.625. The van der Waals surface area contributed by atoms with Crippen molar-refractivity contribution in [1.82, 2.24) is 15.2 Å². The summed E-state index contributed by atoms with van der Waals surface area (Å²) in [5.74, 6) is 0.393. The highest BCUT2D eigenvalue weighted by atomic mass is 16.2. The van der Waals surface area contributed by atoms with E-state index in [1.165, 1.54) is 5.56 Å². The zero-order valence-corrected chi connectivity index (χ0v) is 12.7. The van der Waals surface area contributed by atoms with Crippen LogP contribution in [0.1, 0.15) is 37.9 Å². The van der Waals surface area contributed by atoms with Gasteiger partial charge in [-0.2, -0.15) is 0 Å². The van der Waals surface area contributed by atoms with Gasteiger partial charge in [0.1, 0.15) is 0 Å². The minimum atomic E-state index is 0.109. The molecule has 1 fully saturated rings. The van der Waals surface area contributed by atoms with Crippen LogP contribution in [0.25, 0.3) is 0 Å². The van der Waals surface area contributed by atoms with Gasteiger partial charge in [0.05, 0.1) is 0 Å². The molecular weight excluding hydrogens is 250 g/mol. The quantitative estimate of drug-likeness (QED) is 0.915. The van der Waals surface area contributed by atoms with Crippen LogP contribution in [0.3, 0.4) is 0 Å². The molecule has 4 heteroatoms. The topological polar surface area (TPSA) is 45.2 Å². The Labute approximate surface area is 121 Å². The molecule has 0 unspecified atom stereocenters. The summed E-state index contributed by atoms with van der Waals surface area (Å²) in [7, 11) is 0. The molecule has 1 aliphatic rings. The molecular formula is C16H25N3O. The first-order chi connectivity index (χ1) is 9.56. The van der Waals surface area contributed by atoms with Crippen LogP contribution in [-0.2, 0) is 11.3 Å². The summed E-state index contributed by atoms with van der Waals surface area (Å²) in [5.41, 5.74) is 2.27. The summed E-state index contributed by atoms with van der Waals surface area (Å²) in [6, 6.07) is 4.67. The molecule has 1 saturated heterocycles. The van der Waals surface area contributed by atoms with Crippen LogP contribution >= 0.6 is 0 Å². The van der Waals surface area contributed by atoms with Gasteiger partial charge < -0.3 is 10.2 Å². The SMILES string of the molecule is Cc1ccc(CNC2CCN(C(=O)C(C)C)CC2)cn1. The number of piperidine rings is 1. The molecule has 1 aromatic heterocycles. The molecule has 0 saturated carbocycles. The van der Waals surface area contributed by atoms with Crippen LogP contribution in [0.4, 0.5) is 0 Å². The number of aryl methyl sites for hydroxylation is 1. The van der Waals surface area contributed by atoms with E-state index in [0.717, 1.165) is 38.2 Å².